The van der Waals surface area contributed by atoms with Gasteiger partial charge >= 0.3 is 0 Å². The van der Waals surface area contributed by atoms with Crippen LogP contribution in [0.25, 0.3) is 0 Å². The number of imidazole rings is 1. The topological polar surface area (TPSA) is 53.1 Å². The third-order valence-corrected chi connectivity index (χ3v) is 3.56. The van der Waals surface area contributed by atoms with Crippen molar-refractivity contribution in [2.45, 2.75) is 51.5 Å². The Kier molecular flexibility index (Phi) is 3.86. The van der Waals surface area contributed by atoms with E-state index < -0.39 is 0 Å². The Morgan fingerprint density at radius 2 is 2.05 bits per heavy atom. The molecule has 0 bridgehead atoms. The first-order valence-electron chi connectivity index (χ1n) is 6.82. The Morgan fingerprint density at radius 1 is 1.42 bits per heavy atom. The summed E-state index contributed by atoms with van der Waals surface area (Å²) in [4.78, 5) is 4.81. The van der Waals surface area contributed by atoms with E-state index in [0.717, 1.165) is 43.4 Å². The normalized spacial score (nSPS) is 17.4. The van der Waals surface area contributed by atoms with Gasteiger partial charge in [-0.1, -0.05) is 26.7 Å². The number of rotatable bonds is 2. The Bertz CT molecular complexity index is 485. The van der Waals surface area contributed by atoms with E-state index in [-0.39, 0.29) is 5.41 Å². The Balaban J connectivity index is 2.42. The predicted octanol–water partition coefficient (Wildman–Crippen LogP) is 2.29. The number of ether oxygens (including phenoxy) is 1. The molecule has 1 aliphatic rings. The lowest BCUT2D eigenvalue weighted by Gasteiger charge is -2.20. The lowest BCUT2D eigenvalue weighted by atomic mass is 9.95. The summed E-state index contributed by atoms with van der Waals surface area (Å²) in [6.07, 6.45) is 7.43. The van der Waals surface area contributed by atoms with E-state index in [1.165, 1.54) is 0 Å². The maximum Gasteiger partial charge on any atom is 0.127 e. The highest BCUT2D eigenvalue weighted by molar-refractivity contribution is 5.42. The van der Waals surface area contributed by atoms with Crippen molar-refractivity contribution in [2.75, 3.05) is 18.9 Å². The van der Waals surface area contributed by atoms with Gasteiger partial charge in [-0.3, -0.25) is 0 Å². The van der Waals surface area contributed by atoms with E-state index >= 15 is 0 Å². The van der Waals surface area contributed by atoms with Gasteiger partial charge in [-0.15, -0.1) is 6.42 Å². The molecule has 0 aromatic carbocycles. The van der Waals surface area contributed by atoms with Crippen LogP contribution < -0.4 is 5.73 Å². The summed E-state index contributed by atoms with van der Waals surface area (Å²) in [5, 5.41) is 0. The summed E-state index contributed by atoms with van der Waals surface area (Å²) in [7, 11) is 0. The Morgan fingerprint density at radius 3 is 2.58 bits per heavy atom. The van der Waals surface area contributed by atoms with Crippen LogP contribution in [0.3, 0.4) is 0 Å². The fourth-order valence-electron chi connectivity index (χ4n) is 2.58. The minimum atomic E-state index is -0.0611. The van der Waals surface area contributed by atoms with Crippen molar-refractivity contribution < 1.29 is 4.74 Å². The third-order valence-electron chi connectivity index (χ3n) is 3.56. The number of nitrogens with zero attached hydrogens (tertiary/aromatic N) is 2. The van der Waals surface area contributed by atoms with Gasteiger partial charge in [-0.2, -0.15) is 0 Å². The average Bonchev–Trinajstić information content (AvgIpc) is 2.69. The van der Waals surface area contributed by atoms with Gasteiger partial charge in [0.2, 0.25) is 0 Å². The van der Waals surface area contributed by atoms with Crippen molar-refractivity contribution in [3.05, 3.63) is 11.5 Å². The minimum absolute atomic E-state index is 0.0611. The monoisotopic (exact) mass is 261 g/mol. The summed E-state index contributed by atoms with van der Waals surface area (Å²) in [5.41, 5.74) is 7.22. The molecular weight excluding hydrogens is 238 g/mol. The molecule has 0 unspecified atom stereocenters. The Hall–Kier alpha value is -1.47. The lowest BCUT2D eigenvalue weighted by Crippen LogP contribution is -2.19. The van der Waals surface area contributed by atoms with Gasteiger partial charge in [0.1, 0.15) is 11.6 Å². The van der Waals surface area contributed by atoms with Crippen LogP contribution in [0.4, 0.5) is 5.82 Å². The van der Waals surface area contributed by atoms with E-state index in [9.17, 15) is 0 Å². The molecule has 2 N–H and O–H groups in total. The van der Waals surface area contributed by atoms with Gasteiger partial charge in [0.05, 0.1) is 12.2 Å². The summed E-state index contributed by atoms with van der Waals surface area (Å²) < 4.78 is 7.38. The first-order chi connectivity index (χ1) is 8.95. The average molecular weight is 261 g/mol. The highest BCUT2D eigenvalue weighted by atomic mass is 16.5. The molecule has 19 heavy (non-hydrogen) atoms. The van der Waals surface area contributed by atoms with Crippen LogP contribution in [-0.4, -0.2) is 22.8 Å². The molecule has 0 saturated carbocycles. The largest absolute Gasteiger partial charge is 0.384 e. The zero-order valence-electron chi connectivity index (χ0n) is 12.1. The fraction of sp³-hybridized carbons (Fsp3) is 0.667. The zero-order valence-corrected chi connectivity index (χ0v) is 12.1. The van der Waals surface area contributed by atoms with Crippen molar-refractivity contribution in [2.24, 2.45) is 0 Å². The van der Waals surface area contributed by atoms with E-state index in [2.05, 4.69) is 26.7 Å². The van der Waals surface area contributed by atoms with E-state index in [1.54, 1.807) is 0 Å². The number of aromatic nitrogens is 2. The smallest absolute Gasteiger partial charge is 0.127 e. The van der Waals surface area contributed by atoms with Crippen LogP contribution in [-0.2, 0) is 16.7 Å². The molecular formula is C15H23N3O. The van der Waals surface area contributed by atoms with E-state index in [4.69, 9.17) is 21.9 Å². The van der Waals surface area contributed by atoms with E-state index in [0.29, 0.717) is 12.5 Å². The number of anilines is 1. The number of hydrogen-bond acceptors (Lipinski definition) is 3. The molecule has 2 rings (SSSR count). The molecule has 0 radical (unpaired) electrons. The molecule has 4 heteroatoms. The molecule has 0 spiro atoms. The Labute approximate surface area is 115 Å². The molecule has 1 aromatic heterocycles. The van der Waals surface area contributed by atoms with Gasteiger partial charge in [0, 0.05) is 24.5 Å². The van der Waals surface area contributed by atoms with Crippen molar-refractivity contribution >= 4 is 5.82 Å². The van der Waals surface area contributed by atoms with E-state index in [1.807, 2.05) is 4.57 Å². The van der Waals surface area contributed by atoms with Gasteiger partial charge in [-0.25, -0.2) is 4.98 Å². The second kappa shape index (κ2) is 5.26. The molecule has 4 nitrogen and oxygen atoms in total. The molecule has 0 atom stereocenters. The highest BCUT2D eigenvalue weighted by Gasteiger charge is 2.28. The SMILES string of the molecule is C#CCn1c(C(C)(C)C)nc(C2CCOCC2)c1N. The maximum atomic E-state index is 6.28. The maximum absolute atomic E-state index is 6.28. The standard InChI is InChI=1S/C15H23N3O/c1-5-8-18-13(16)12(11-6-9-19-10-7-11)17-14(18)15(2,3)4/h1,11H,6-10,16H2,2-4H3. The minimum Gasteiger partial charge on any atom is -0.384 e. The van der Waals surface area contributed by atoms with Gasteiger partial charge in [0.25, 0.3) is 0 Å². The molecule has 0 aliphatic carbocycles. The molecule has 1 aromatic rings. The first kappa shape index (κ1) is 14.0. The van der Waals surface area contributed by atoms with Gasteiger partial charge in [-0.05, 0) is 12.8 Å². The van der Waals surface area contributed by atoms with Crippen molar-refractivity contribution in [1.29, 1.82) is 0 Å². The van der Waals surface area contributed by atoms with Gasteiger partial charge < -0.3 is 15.0 Å². The second-order valence-corrected chi connectivity index (χ2v) is 6.13. The lowest BCUT2D eigenvalue weighted by molar-refractivity contribution is 0.0847. The summed E-state index contributed by atoms with van der Waals surface area (Å²) in [6, 6.07) is 0. The number of nitrogen functional groups attached to an aromatic ring is 1. The van der Waals surface area contributed by atoms with Crippen LogP contribution >= 0.6 is 0 Å². The summed E-state index contributed by atoms with van der Waals surface area (Å²) in [6.45, 7) is 8.46. The quantitative estimate of drug-likeness (QED) is 0.831. The van der Waals surface area contributed by atoms with Crippen LogP contribution in [0.1, 0.15) is 51.0 Å². The first-order valence-corrected chi connectivity index (χ1v) is 6.82. The number of terminal acetylenes is 1. The summed E-state index contributed by atoms with van der Waals surface area (Å²) in [5.74, 6) is 4.78. The molecule has 1 aliphatic heterocycles. The van der Waals surface area contributed by atoms with Gasteiger partial charge in [0.15, 0.2) is 0 Å². The molecule has 2 heterocycles. The molecule has 1 saturated heterocycles. The van der Waals surface area contributed by atoms with Crippen LogP contribution in [0.15, 0.2) is 0 Å². The predicted molar refractivity (Wildman–Crippen MR) is 77.0 cm³/mol. The van der Waals surface area contributed by atoms with Crippen LogP contribution in [0.2, 0.25) is 0 Å². The number of nitrogens with two attached hydrogens (primary N) is 1. The highest BCUT2D eigenvalue weighted by Crippen LogP contribution is 2.34. The third kappa shape index (κ3) is 2.76. The fourth-order valence-corrected chi connectivity index (χ4v) is 2.58. The van der Waals surface area contributed by atoms with Crippen molar-refractivity contribution in [1.82, 2.24) is 9.55 Å². The summed E-state index contributed by atoms with van der Waals surface area (Å²) >= 11 is 0. The molecule has 104 valence electrons. The van der Waals surface area contributed by atoms with Crippen LogP contribution in [0.5, 0.6) is 0 Å². The second-order valence-electron chi connectivity index (χ2n) is 6.13. The zero-order chi connectivity index (χ0) is 14.0. The van der Waals surface area contributed by atoms with Crippen molar-refractivity contribution in [3.8, 4) is 12.3 Å². The molecule has 1 fully saturated rings. The van der Waals surface area contributed by atoms with Crippen molar-refractivity contribution in [3.63, 3.8) is 0 Å². The molecule has 0 amide bonds. The van der Waals surface area contributed by atoms with Crippen LogP contribution in [0, 0.1) is 12.3 Å². The number of hydrogen-bond donors (Lipinski definition) is 1.